The molecule has 2 fully saturated rings. The van der Waals surface area contributed by atoms with Crippen molar-refractivity contribution in [2.45, 2.75) is 50.3 Å². The number of carbonyl (C=O) groups is 1. The van der Waals surface area contributed by atoms with Crippen LogP contribution in [0.3, 0.4) is 0 Å². The zero-order valence-electron chi connectivity index (χ0n) is 17.8. The van der Waals surface area contributed by atoms with Crippen molar-refractivity contribution in [1.82, 2.24) is 19.3 Å². The Morgan fingerprint density at radius 1 is 1.19 bits per heavy atom. The number of hydrogen-bond acceptors (Lipinski definition) is 6. The fraction of sp³-hybridized carbons (Fsp3) is 0.571. The summed E-state index contributed by atoms with van der Waals surface area (Å²) in [6.45, 7) is 5.79. The summed E-state index contributed by atoms with van der Waals surface area (Å²) < 4.78 is 33.2. The molecule has 3 heterocycles. The maximum Gasteiger partial charge on any atom is 0.253 e. The van der Waals surface area contributed by atoms with Crippen LogP contribution in [0, 0.1) is 12.8 Å². The summed E-state index contributed by atoms with van der Waals surface area (Å²) in [5, 5.41) is 3.97. The largest absolute Gasteiger partial charge is 0.339 e. The summed E-state index contributed by atoms with van der Waals surface area (Å²) in [5.74, 6) is 1.16. The molecule has 0 saturated carbocycles. The number of piperidine rings is 2. The highest BCUT2D eigenvalue weighted by Gasteiger charge is 2.33. The molecule has 168 valence electrons. The van der Waals surface area contributed by atoms with Crippen LogP contribution in [0.25, 0.3) is 0 Å². The number of aryl methyl sites for hydroxylation is 1. The first kappa shape index (κ1) is 22.2. The van der Waals surface area contributed by atoms with Gasteiger partial charge in [-0.15, -0.1) is 0 Å². The summed E-state index contributed by atoms with van der Waals surface area (Å²) in [6, 6.07) is 4.50. The lowest BCUT2D eigenvalue weighted by Crippen LogP contribution is -2.40. The van der Waals surface area contributed by atoms with Gasteiger partial charge in [-0.25, -0.2) is 8.42 Å². The molecule has 0 unspecified atom stereocenters. The average Bonchev–Trinajstić information content (AvgIpc) is 3.20. The summed E-state index contributed by atoms with van der Waals surface area (Å²) in [7, 11) is -3.77. The number of benzene rings is 1. The molecule has 4 rings (SSSR count). The number of rotatable bonds is 4. The van der Waals surface area contributed by atoms with Crippen LogP contribution in [0.1, 0.15) is 60.6 Å². The van der Waals surface area contributed by atoms with E-state index in [1.165, 1.54) is 16.4 Å². The Labute approximate surface area is 187 Å². The van der Waals surface area contributed by atoms with Crippen molar-refractivity contribution in [3.63, 3.8) is 0 Å². The second-order valence-electron chi connectivity index (χ2n) is 8.53. The zero-order chi connectivity index (χ0) is 22.2. The molecule has 0 N–H and O–H groups in total. The normalized spacial score (nSPS) is 23.1. The quantitative estimate of drug-likeness (QED) is 0.684. The molecule has 10 heteroatoms. The number of aromatic nitrogens is 2. The predicted molar refractivity (Wildman–Crippen MR) is 116 cm³/mol. The van der Waals surface area contributed by atoms with Crippen LogP contribution in [0.2, 0.25) is 5.02 Å². The van der Waals surface area contributed by atoms with Gasteiger partial charge in [0.1, 0.15) is 4.90 Å². The van der Waals surface area contributed by atoms with Crippen LogP contribution in [0.5, 0.6) is 0 Å². The molecule has 8 nitrogen and oxygen atoms in total. The van der Waals surface area contributed by atoms with Crippen molar-refractivity contribution < 1.29 is 17.7 Å². The first-order valence-electron chi connectivity index (χ1n) is 10.6. The maximum atomic E-state index is 13.2. The Hall–Kier alpha value is -1.97. The van der Waals surface area contributed by atoms with Crippen LogP contribution < -0.4 is 0 Å². The lowest BCUT2D eigenvalue weighted by atomic mass is 9.97. The van der Waals surface area contributed by atoms with Gasteiger partial charge in [0, 0.05) is 31.7 Å². The molecule has 1 aromatic carbocycles. The van der Waals surface area contributed by atoms with E-state index in [4.69, 9.17) is 16.1 Å². The molecule has 1 aromatic heterocycles. The van der Waals surface area contributed by atoms with E-state index < -0.39 is 10.0 Å². The van der Waals surface area contributed by atoms with Crippen LogP contribution >= 0.6 is 11.6 Å². The molecular formula is C21H27ClN4O4S. The van der Waals surface area contributed by atoms with Gasteiger partial charge in [-0.05, 0) is 56.7 Å². The Morgan fingerprint density at radius 2 is 1.97 bits per heavy atom. The summed E-state index contributed by atoms with van der Waals surface area (Å²) >= 11 is 6.27. The minimum absolute atomic E-state index is 0.00444. The zero-order valence-corrected chi connectivity index (χ0v) is 19.3. The number of nitrogens with zero attached hydrogens (tertiary/aromatic N) is 4. The lowest BCUT2D eigenvalue weighted by Gasteiger charge is -2.32. The van der Waals surface area contributed by atoms with Gasteiger partial charge in [-0.1, -0.05) is 23.7 Å². The SMILES string of the molecule is Cc1noc([C@H]2CCCN(C(=O)c3ccc(Cl)c(S(=O)(=O)N4CCC[C@@H](C)C4)c3)C2)n1. The number of sulfonamides is 1. The molecule has 1 amide bonds. The Morgan fingerprint density at radius 3 is 2.68 bits per heavy atom. The molecule has 0 radical (unpaired) electrons. The van der Waals surface area contributed by atoms with Crippen LogP contribution in [-0.2, 0) is 10.0 Å². The van der Waals surface area contributed by atoms with Gasteiger partial charge < -0.3 is 9.42 Å². The summed E-state index contributed by atoms with van der Waals surface area (Å²) in [5.41, 5.74) is 0.315. The molecule has 0 spiro atoms. The van der Waals surface area contributed by atoms with Gasteiger partial charge >= 0.3 is 0 Å². The van der Waals surface area contributed by atoms with Crippen molar-refractivity contribution in [2.24, 2.45) is 5.92 Å². The van der Waals surface area contributed by atoms with Gasteiger partial charge in [0.15, 0.2) is 5.82 Å². The second kappa shape index (κ2) is 8.88. The highest BCUT2D eigenvalue weighted by Crippen LogP contribution is 2.31. The number of amides is 1. The van der Waals surface area contributed by atoms with Gasteiger partial charge in [0.25, 0.3) is 5.91 Å². The molecular weight excluding hydrogens is 440 g/mol. The van der Waals surface area contributed by atoms with E-state index in [2.05, 4.69) is 10.1 Å². The third kappa shape index (κ3) is 4.63. The maximum absolute atomic E-state index is 13.2. The number of likely N-dealkylation sites (tertiary alicyclic amines) is 1. The molecule has 2 aromatic rings. The minimum atomic E-state index is -3.77. The Bertz CT molecular complexity index is 1070. The molecule has 0 bridgehead atoms. The van der Waals surface area contributed by atoms with Gasteiger partial charge in [0.2, 0.25) is 15.9 Å². The topological polar surface area (TPSA) is 96.6 Å². The highest BCUT2D eigenvalue weighted by atomic mass is 35.5. The van der Waals surface area contributed by atoms with Crippen LogP contribution in [0.15, 0.2) is 27.6 Å². The monoisotopic (exact) mass is 466 g/mol. The average molecular weight is 467 g/mol. The van der Waals surface area contributed by atoms with E-state index in [0.29, 0.717) is 49.4 Å². The highest BCUT2D eigenvalue weighted by molar-refractivity contribution is 7.89. The van der Waals surface area contributed by atoms with Crippen molar-refractivity contribution in [1.29, 1.82) is 0 Å². The van der Waals surface area contributed by atoms with E-state index in [1.807, 2.05) is 6.92 Å². The number of hydrogen-bond donors (Lipinski definition) is 0. The Kier molecular flexibility index (Phi) is 6.37. The fourth-order valence-electron chi connectivity index (χ4n) is 4.36. The smallest absolute Gasteiger partial charge is 0.253 e. The molecule has 2 aliphatic rings. The van der Waals surface area contributed by atoms with E-state index in [0.717, 1.165) is 25.7 Å². The number of halogens is 1. The van der Waals surface area contributed by atoms with E-state index in [9.17, 15) is 13.2 Å². The predicted octanol–water partition coefficient (Wildman–Crippen LogP) is 3.47. The van der Waals surface area contributed by atoms with E-state index in [-0.39, 0.29) is 21.7 Å². The van der Waals surface area contributed by atoms with Crippen molar-refractivity contribution >= 4 is 27.5 Å². The first-order chi connectivity index (χ1) is 14.8. The fourth-order valence-corrected chi connectivity index (χ4v) is 6.46. The molecule has 2 atom stereocenters. The van der Waals surface area contributed by atoms with Crippen LogP contribution in [-0.4, -0.2) is 59.8 Å². The molecule has 2 aliphatic heterocycles. The summed E-state index contributed by atoms with van der Waals surface area (Å²) in [6.07, 6.45) is 3.50. The van der Waals surface area contributed by atoms with Crippen molar-refractivity contribution in [2.75, 3.05) is 26.2 Å². The second-order valence-corrected chi connectivity index (χ2v) is 10.8. The van der Waals surface area contributed by atoms with Gasteiger partial charge in [-0.2, -0.15) is 9.29 Å². The lowest BCUT2D eigenvalue weighted by molar-refractivity contribution is 0.0695. The molecule has 2 saturated heterocycles. The molecule has 0 aliphatic carbocycles. The standard InChI is InChI=1S/C21H27ClN4O4S/c1-14-5-3-10-26(12-14)31(28,29)19-11-16(7-8-18(19)22)21(27)25-9-4-6-17(13-25)20-23-15(2)24-30-20/h7-8,11,14,17H,3-6,9-10,12-13H2,1-2H3/t14-,17+/m1/s1. The van der Waals surface area contributed by atoms with E-state index >= 15 is 0 Å². The minimum Gasteiger partial charge on any atom is -0.339 e. The van der Waals surface area contributed by atoms with Gasteiger partial charge in [0.05, 0.1) is 10.9 Å². The van der Waals surface area contributed by atoms with Gasteiger partial charge in [-0.3, -0.25) is 4.79 Å². The molecule has 31 heavy (non-hydrogen) atoms. The summed E-state index contributed by atoms with van der Waals surface area (Å²) in [4.78, 5) is 19.2. The van der Waals surface area contributed by atoms with Crippen molar-refractivity contribution in [3.05, 3.63) is 40.5 Å². The first-order valence-corrected chi connectivity index (χ1v) is 12.5. The van der Waals surface area contributed by atoms with E-state index in [1.54, 1.807) is 17.9 Å². The van der Waals surface area contributed by atoms with Crippen LogP contribution in [0.4, 0.5) is 0 Å². The van der Waals surface area contributed by atoms with Crippen molar-refractivity contribution in [3.8, 4) is 0 Å². The third-order valence-corrected chi connectivity index (χ3v) is 8.36. The number of carbonyl (C=O) groups excluding carboxylic acids is 1. The Balaban J connectivity index is 1.56. The third-order valence-electron chi connectivity index (χ3n) is 6.02.